The summed E-state index contributed by atoms with van der Waals surface area (Å²) >= 11 is 0. The van der Waals surface area contributed by atoms with E-state index in [1.165, 1.54) is 12.3 Å². The van der Waals surface area contributed by atoms with Crippen molar-refractivity contribution in [2.45, 2.75) is 37.5 Å². The van der Waals surface area contributed by atoms with Crippen molar-refractivity contribution in [1.29, 1.82) is 0 Å². The van der Waals surface area contributed by atoms with Crippen LogP contribution >= 0.6 is 0 Å². The molecule has 0 spiro atoms. The zero-order valence-electron chi connectivity index (χ0n) is 9.30. The number of aromatic hydroxyl groups is 1. The monoisotopic (exact) mass is 234 g/mol. The van der Waals surface area contributed by atoms with Gasteiger partial charge in [-0.15, -0.1) is 0 Å². The Labute approximate surface area is 98.8 Å². The van der Waals surface area contributed by atoms with Crippen molar-refractivity contribution < 1.29 is 14.6 Å². The van der Waals surface area contributed by atoms with Gasteiger partial charge in [-0.2, -0.15) is 0 Å². The molecule has 0 aliphatic carbocycles. The van der Waals surface area contributed by atoms with Crippen molar-refractivity contribution in [3.8, 4) is 5.75 Å². The number of carbonyl (C=O) groups is 1. The van der Waals surface area contributed by atoms with Crippen LogP contribution in [0.2, 0.25) is 0 Å². The molecule has 1 amide bonds. The van der Waals surface area contributed by atoms with E-state index in [9.17, 15) is 9.90 Å². The minimum atomic E-state index is -0.329. The van der Waals surface area contributed by atoms with Crippen molar-refractivity contribution >= 4 is 5.91 Å². The molecule has 1 aromatic rings. The third-order valence-corrected chi connectivity index (χ3v) is 3.42. The number of aromatic nitrogens is 1. The summed E-state index contributed by atoms with van der Waals surface area (Å²) in [5.41, 5.74) is 0.0790. The van der Waals surface area contributed by atoms with Gasteiger partial charge in [-0.3, -0.25) is 4.79 Å². The quantitative estimate of drug-likeness (QED) is 0.795. The van der Waals surface area contributed by atoms with Crippen molar-refractivity contribution in [2.24, 2.45) is 0 Å². The number of ether oxygens (including phenoxy) is 1. The average molecular weight is 234 g/mol. The first-order valence-electron chi connectivity index (χ1n) is 5.84. The Morgan fingerprint density at radius 1 is 1.53 bits per heavy atom. The number of rotatable bonds is 2. The maximum absolute atomic E-state index is 11.9. The normalized spacial score (nSPS) is 30.5. The molecule has 2 saturated heterocycles. The number of hydrogen-bond acceptors (Lipinski definition) is 4. The summed E-state index contributed by atoms with van der Waals surface area (Å²) in [5.74, 6) is -0.418. The van der Waals surface area contributed by atoms with Gasteiger partial charge in [0.15, 0.2) is 5.69 Å². The molecule has 2 aliphatic rings. The Morgan fingerprint density at radius 2 is 2.41 bits per heavy atom. The van der Waals surface area contributed by atoms with Crippen LogP contribution in [0.1, 0.15) is 29.8 Å². The summed E-state index contributed by atoms with van der Waals surface area (Å²) < 4.78 is 5.65. The summed E-state index contributed by atoms with van der Waals surface area (Å²) in [4.78, 5) is 15.8. The van der Waals surface area contributed by atoms with Crippen molar-refractivity contribution in [3.63, 3.8) is 0 Å². The summed E-state index contributed by atoms with van der Waals surface area (Å²) in [6.45, 7) is 0. The Kier molecular flexibility index (Phi) is 2.48. The molecule has 2 fully saturated rings. The van der Waals surface area contributed by atoms with Crippen molar-refractivity contribution in [2.75, 3.05) is 0 Å². The molecule has 1 aromatic heterocycles. The molecule has 3 unspecified atom stereocenters. The molecular formula is C12H14N2O3. The van der Waals surface area contributed by atoms with E-state index in [0.717, 1.165) is 19.3 Å². The zero-order valence-corrected chi connectivity index (χ0v) is 9.30. The molecule has 2 N–H and O–H groups in total. The van der Waals surface area contributed by atoms with Crippen LogP contribution in [0.3, 0.4) is 0 Å². The molecule has 90 valence electrons. The number of nitrogens with one attached hydrogen (secondary N) is 1. The first-order chi connectivity index (χ1) is 8.24. The fraction of sp³-hybridized carbons (Fsp3) is 0.500. The predicted octanol–water partition coefficient (Wildman–Crippen LogP) is 0.837. The van der Waals surface area contributed by atoms with E-state index in [1.54, 1.807) is 6.07 Å². The fourth-order valence-electron chi connectivity index (χ4n) is 2.60. The van der Waals surface area contributed by atoms with Gasteiger partial charge in [-0.25, -0.2) is 4.98 Å². The molecular weight excluding hydrogens is 220 g/mol. The van der Waals surface area contributed by atoms with Crippen molar-refractivity contribution in [1.82, 2.24) is 10.3 Å². The third-order valence-electron chi connectivity index (χ3n) is 3.42. The number of carbonyl (C=O) groups excluding carboxylic acids is 1. The van der Waals surface area contributed by atoms with Gasteiger partial charge in [-0.05, 0) is 31.4 Å². The van der Waals surface area contributed by atoms with E-state index in [-0.39, 0.29) is 29.5 Å². The number of fused-ring (bicyclic) bond motifs is 2. The second-order valence-electron chi connectivity index (χ2n) is 4.56. The maximum Gasteiger partial charge on any atom is 0.274 e. The number of pyridine rings is 1. The molecule has 3 heterocycles. The smallest absolute Gasteiger partial charge is 0.274 e. The lowest BCUT2D eigenvalue weighted by molar-refractivity contribution is 0.0835. The van der Waals surface area contributed by atoms with Crippen LogP contribution in [-0.4, -0.2) is 34.2 Å². The average Bonchev–Trinajstić information content (AvgIpc) is 2.91. The summed E-state index contributed by atoms with van der Waals surface area (Å²) in [6, 6.07) is 3.11. The van der Waals surface area contributed by atoms with Crippen LogP contribution in [0.15, 0.2) is 18.3 Å². The second-order valence-corrected chi connectivity index (χ2v) is 4.56. The molecule has 5 nitrogen and oxygen atoms in total. The lowest BCUT2D eigenvalue weighted by Gasteiger charge is -2.19. The largest absolute Gasteiger partial charge is 0.505 e. The SMILES string of the molecule is O=C(NC1CC2CCC1O2)c1ncccc1O. The van der Waals surface area contributed by atoms with Gasteiger partial charge < -0.3 is 15.2 Å². The highest BCUT2D eigenvalue weighted by Crippen LogP contribution is 2.34. The molecule has 17 heavy (non-hydrogen) atoms. The second kappa shape index (κ2) is 4.00. The lowest BCUT2D eigenvalue weighted by Crippen LogP contribution is -2.41. The fourth-order valence-corrected chi connectivity index (χ4v) is 2.60. The van der Waals surface area contributed by atoms with E-state index < -0.39 is 0 Å². The topological polar surface area (TPSA) is 71.5 Å². The Bertz CT molecular complexity index is 449. The first-order valence-corrected chi connectivity index (χ1v) is 5.84. The van der Waals surface area contributed by atoms with Gasteiger partial charge in [0, 0.05) is 6.20 Å². The van der Waals surface area contributed by atoms with Gasteiger partial charge in [-0.1, -0.05) is 0 Å². The lowest BCUT2D eigenvalue weighted by atomic mass is 9.95. The highest BCUT2D eigenvalue weighted by Gasteiger charge is 2.41. The first kappa shape index (κ1) is 10.5. The molecule has 5 heteroatoms. The van der Waals surface area contributed by atoms with Gasteiger partial charge in [0.1, 0.15) is 5.75 Å². The van der Waals surface area contributed by atoms with Gasteiger partial charge in [0.2, 0.25) is 0 Å². The molecule has 0 aromatic carbocycles. The molecule has 3 rings (SSSR count). The molecule has 0 saturated carbocycles. The summed E-state index contributed by atoms with van der Waals surface area (Å²) in [5, 5.41) is 12.4. The Balaban J connectivity index is 1.70. The van der Waals surface area contributed by atoms with Gasteiger partial charge in [0.05, 0.1) is 18.2 Å². The Morgan fingerprint density at radius 3 is 3.06 bits per heavy atom. The molecule has 0 radical (unpaired) electrons. The van der Waals surface area contributed by atoms with E-state index in [1.807, 2.05) is 0 Å². The van der Waals surface area contributed by atoms with Gasteiger partial charge in [0.25, 0.3) is 5.91 Å². The summed E-state index contributed by atoms with van der Waals surface area (Å²) in [6.07, 6.45) is 4.88. The van der Waals surface area contributed by atoms with E-state index in [2.05, 4.69) is 10.3 Å². The number of nitrogens with zero attached hydrogens (tertiary/aromatic N) is 1. The standard InChI is InChI=1S/C12H14N2O3/c15-9-2-1-5-13-11(9)12(16)14-8-6-7-3-4-10(8)17-7/h1-2,5,7-8,10,15H,3-4,6H2,(H,14,16). The van der Waals surface area contributed by atoms with Crippen LogP contribution in [0.25, 0.3) is 0 Å². The van der Waals surface area contributed by atoms with E-state index in [0.29, 0.717) is 6.10 Å². The van der Waals surface area contributed by atoms with E-state index in [4.69, 9.17) is 4.74 Å². The van der Waals surface area contributed by atoms with Gasteiger partial charge >= 0.3 is 0 Å². The zero-order chi connectivity index (χ0) is 11.8. The van der Waals surface area contributed by atoms with Crippen LogP contribution in [0.4, 0.5) is 0 Å². The number of amides is 1. The molecule has 2 bridgehead atoms. The van der Waals surface area contributed by atoms with Crippen LogP contribution in [0.5, 0.6) is 5.75 Å². The minimum Gasteiger partial charge on any atom is -0.505 e. The number of hydrogen-bond donors (Lipinski definition) is 2. The predicted molar refractivity (Wildman–Crippen MR) is 59.7 cm³/mol. The van der Waals surface area contributed by atoms with Crippen LogP contribution < -0.4 is 5.32 Å². The van der Waals surface area contributed by atoms with Crippen molar-refractivity contribution in [3.05, 3.63) is 24.0 Å². The highest BCUT2D eigenvalue weighted by atomic mass is 16.5. The maximum atomic E-state index is 11.9. The van der Waals surface area contributed by atoms with E-state index >= 15 is 0 Å². The molecule has 2 aliphatic heterocycles. The highest BCUT2D eigenvalue weighted by molar-refractivity contribution is 5.94. The summed E-state index contributed by atoms with van der Waals surface area (Å²) in [7, 11) is 0. The Hall–Kier alpha value is -1.62. The third kappa shape index (κ3) is 1.86. The molecule has 3 atom stereocenters. The van der Waals surface area contributed by atoms with Crippen LogP contribution in [-0.2, 0) is 4.74 Å². The van der Waals surface area contributed by atoms with Crippen LogP contribution in [0, 0.1) is 0 Å². The minimum absolute atomic E-state index is 0.0580.